The van der Waals surface area contributed by atoms with E-state index in [0.717, 1.165) is 18.3 Å². The van der Waals surface area contributed by atoms with Crippen LogP contribution < -0.4 is 0 Å². The van der Waals surface area contributed by atoms with Gasteiger partial charge in [0.05, 0.1) is 0 Å². The van der Waals surface area contributed by atoms with E-state index in [0.29, 0.717) is 5.92 Å². The first kappa shape index (κ1) is 9.45. The number of hydrogen-bond acceptors (Lipinski definition) is 1. The molecular weight excluding hydrogens is 172 g/mol. The molecule has 1 aliphatic carbocycles. The first-order chi connectivity index (χ1) is 6.76. The predicted molar refractivity (Wildman–Crippen MR) is 57.9 cm³/mol. The second-order valence-corrected chi connectivity index (χ2v) is 4.17. The van der Waals surface area contributed by atoms with Crippen LogP contribution in [-0.4, -0.2) is 6.29 Å². The summed E-state index contributed by atoms with van der Waals surface area (Å²) in [5.41, 5.74) is 4.74. The Balaban J connectivity index is 2.54. The van der Waals surface area contributed by atoms with Crippen LogP contribution >= 0.6 is 0 Å². The number of benzene rings is 1. The molecular formula is C13H16O. The van der Waals surface area contributed by atoms with E-state index in [1.165, 1.54) is 29.5 Å². The van der Waals surface area contributed by atoms with E-state index < -0.39 is 0 Å². The van der Waals surface area contributed by atoms with Gasteiger partial charge in [0, 0.05) is 5.56 Å². The fourth-order valence-electron chi connectivity index (χ4n) is 2.07. The van der Waals surface area contributed by atoms with Crippen molar-refractivity contribution in [2.45, 2.75) is 39.0 Å². The summed E-state index contributed by atoms with van der Waals surface area (Å²) in [6.45, 7) is 4.22. The summed E-state index contributed by atoms with van der Waals surface area (Å²) in [5, 5.41) is 0. The van der Waals surface area contributed by atoms with Gasteiger partial charge >= 0.3 is 0 Å². The third-order valence-electron chi connectivity index (χ3n) is 2.96. The SMILES string of the molecule is CCc1cc(C)cc(C2CC2)c1C=O. The molecule has 74 valence electrons. The third-order valence-corrected chi connectivity index (χ3v) is 2.96. The van der Waals surface area contributed by atoms with Crippen LogP contribution in [-0.2, 0) is 6.42 Å². The molecule has 0 spiro atoms. The van der Waals surface area contributed by atoms with Gasteiger partial charge < -0.3 is 0 Å². The van der Waals surface area contributed by atoms with Gasteiger partial charge in [0.2, 0.25) is 0 Å². The maximum Gasteiger partial charge on any atom is 0.150 e. The number of carbonyl (C=O) groups excluding carboxylic acids is 1. The highest BCUT2D eigenvalue weighted by Gasteiger charge is 2.26. The molecule has 1 heteroatoms. The zero-order chi connectivity index (χ0) is 10.1. The van der Waals surface area contributed by atoms with Crippen molar-refractivity contribution in [2.24, 2.45) is 0 Å². The molecule has 0 saturated heterocycles. The molecule has 1 aromatic carbocycles. The van der Waals surface area contributed by atoms with Crippen LogP contribution in [0.1, 0.15) is 52.7 Å². The molecule has 2 rings (SSSR count). The topological polar surface area (TPSA) is 17.1 Å². The average Bonchev–Trinajstić information content (AvgIpc) is 2.99. The van der Waals surface area contributed by atoms with E-state index in [2.05, 4.69) is 26.0 Å². The summed E-state index contributed by atoms with van der Waals surface area (Å²) in [6, 6.07) is 4.32. The van der Waals surface area contributed by atoms with Crippen molar-refractivity contribution in [3.63, 3.8) is 0 Å². The fraction of sp³-hybridized carbons (Fsp3) is 0.462. The minimum Gasteiger partial charge on any atom is -0.298 e. The highest BCUT2D eigenvalue weighted by Crippen LogP contribution is 2.42. The number of hydrogen-bond donors (Lipinski definition) is 0. The minimum atomic E-state index is 0.667. The third kappa shape index (κ3) is 1.59. The number of aldehydes is 1. The van der Waals surface area contributed by atoms with E-state index in [9.17, 15) is 4.79 Å². The zero-order valence-electron chi connectivity index (χ0n) is 8.84. The molecule has 0 heterocycles. The predicted octanol–water partition coefficient (Wildman–Crippen LogP) is 3.25. The molecule has 0 atom stereocenters. The molecule has 1 saturated carbocycles. The summed E-state index contributed by atoms with van der Waals surface area (Å²) in [6.07, 6.45) is 4.50. The van der Waals surface area contributed by atoms with Crippen molar-refractivity contribution in [3.8, 4) is 0 Å². The lowest BCUT2D eigenvalue weighted by molar-refractivity contribution is 0.112. The van der Waals surface area contributed by atoms with Crippen LogP contribution in [0.25, 0.3) is 0 Å². The lowest BCUT2D eigenvalue weighted by atomic mass is 9.95. The molecule has 1 aliphatic rings. The Morgan fingerprint density at radius 2 is 2.14 bits per heavy atom. The van der Waals surface area contributed by atoms with E-state index >= 15 is 0 Å². The Morgan fingerprint density at radius 3 is 2.64 bits per heavy atom. The van der Waals surface area contributed by atoms with Crippen LogP contribution in [0, 0.1) is 6.92 Å². The average molecular weight is 188 g/mol. The second-order valence-electron chi connectivity index (χ2n) is 4.17. The Labute approximate surface area is 85.1 Å². The van der Waals surface area contributed by atoms with E-state index in [4.69, 9.17) is 0 Å². The van der Waals surface area contributed by atoms with Crippen LogP contribution in [0.5, 0.6) is 0 Å². The first-order valence-electron chi connectivity index (χ1n) is 5.34. The van der Waals surface area contributed by atoms with Crippen LogP contribution in [0.15, 0.2) is 12.1 Å². The van der Waals surface area contributed by atoms with Crippen LogP contribution in [0.3, 0.4) is 0 Å². The summed E-state index contributed by atoms with van der Waals surface area (Å²) >= 11 is 0. The summed E-state index contributed by atoms with van der Waals surface area (Å²) < 4.78 is 0. The van der Waals surface area contributed by atoms with Crippen molar-refractivity contribution in [1.82, 2.24) is 0 Å². The first-order valence-corrected chi connectivity index (χ1v) is 5.34. The second kappa shape index (κ2) is 3.56. The number of rotatable bonds is 3. The molecule has 0 N–H and O–H groups in total. The molecule has 0 amide bonds. The monoisotopic (exact) mass is 188 g/mol. The Hall–Kier alpha value is -1.11. The van der Waals surface area contributed by atoms with Crippen molar-refractivity contribution >= 4 is 6.29 Å². The van der Waals surface area contributed by atoms with Gasteiger partial charge in [-0.05, 0) is 43.2 Å². The fourth-order valence-corrected chi connectivity index (χ4v) is 2.07. The van der Waals surface area contributed by atoms with E-state index in [1.807, 2.05) is 0 Å². The van der Waals surface area contributed by atoms with Crippen molar-refractivity contribution in [1.29, 1.82) is 0 Å². The van der Waals surface area contributed by atoms with E-state index in [1.54, 1.807) is 0 Å². The molecule has 1 fully saturated rings. The van der Waals surface area contributed by atoms with Crippen molar-refractivity contribution in [3.05, 3.63) is 34.4 Å². The molecule has 0 bridgehead atoms. The molecule has 0 aliphatic heterocycles. The maximum atomic E-state index is 11.1. The standard InChI is InChI=1S/C13H16O/c1-3-10-6-9(2)7-12(11-4-5-11)13(10)8-14/h6-8,11H,3-5H2,1-2H3. The quantitative estimate of drug-likeness (QED) is 0.665. The van der Waals surface area contributed by atoms with Gasteiger partial charge in [-0.3, -0.25) is 4.79 Å². The van der Waals surface area contributed by atoms with Gasteiger partial charge in [-0.15, -0.1) is 0 Å². The van der Waals surface area contributed by atoms with Gasteiger partial charge in [-0.2, -0.15) is 0 Å². The summed E-state index contributed by atoms with van der Waals surface area (Å²) in [5.74, 6) is 0.667. The Morgan fingerprint density at radius 1 is 1.43 bits per heavy atom. The normalized spacial score (nSPS) is 15.6. The molecule has 0 aromatic heterocycles. The van der Waals surface area contributed by atoms with Gasteiger partial charge in [-0.1, -0.05) is 24.6 Å². The Kier molecular flexibility index (Phi) is 2.40. The highest BCUT2D eigenvalue weighted by atomic mass is 16.1. The molecule has 0 radical (unpaired) electrons. The largest absolute Gasteiger partial charge is 0.298 e. The lowest BCUT2D eigenvalue weighted by Gasteiger charge is -2.09. The van der Waals surface area contributed by atoms with Gasteiger partial charge in [0.25, 0.3) is 0 Å². The van der Waals surface area contributed by atoms with Gasteiger partial charge in [0.15, 0.2) is 6.29 Å². The summed E-state index contributed by atoms with van der Waals surface area (Å²) in [4.78, 5) is 11.1. The maximum absolute atomic E-state index is 11.1. The molecule has 14 heavy (non-hydrogen) atoms. The van der Waals surface area contributed by atoms with Gasteiger partial charge in [0.1, 0.15) is 0 Å². The molecule has 1 nitrogen and oxygen atoms in total. The van der Waals surface area contributed by atoms with Crippen LogP contribution in [0.4, 0.5) is 0 Å². The van der Waals surface area contributed by atoms with Crippen molar-refractivity contribution < 1.29 is 4.79 Å². The smallest absolute Gasteiger partial charge is 0.150 e. The molecule has 1 aromatic rings. The summed E-state index contributed by atoms with van der Waals surface area (Å²) in [7, 11) is 0. The van der Waals surface area contributed by atoms with Crippen molar-refractivity contribution in [2.75, 3.05) is 0 Å². The van der Waals surface area contributed by atoms with E-state index in [-0.39, 0.29) is 0 Å². The highest BCUT2D eigenvalue weighted by molar-refractivity contribution is 5.80. The zero-order valence-corrected chi connectivity index (χ0v) is 8.84. The van der Waals surface area contributed by atoms with Crippen LogP contribution in [0.2, 0.25) is 0 Å². The molecule has 0 unspecified atom stereocenters. The number of carbonyl (C=O) groups is 1. The minimum absolute atomic E-state index is 0.667. The Bertz CT molecular complexity index is 362. The van der Waals surface area contributed by atoms with Gasteiger partial charge in [-0.25, -0.2) is 0 Å². The lowest BCUT2D eigenvalue weighted by Crippen LogP contribution is -1.98. The number of aryl methyl sites for hydroxylation is 2.